The van der Waals surface area contributed by atoms with Gasteiger partial charge in [0.15, 0.2) is 0 Å². The van der Waals surface area contributed by atoms with Gasteiger partial charge in [0.25, 0.3) is 5.69 Å². The standard InChI is InChI=1S/C25H18N4O4/c1-16(30)28-25(18-11-13-19(14-12-18)29(31)32)33-24(27-28)21-15-23(17-7-3-2-4-8-17)26-22-10-6-5-9-20(21)22/h2-15,25H,1H3. The third-order valence-corrected chi connectivity index (χ3v) is 5.37. The first-order valence-electron chi connectivity index (χ1n) is 10.3. The first-order valence-corrected chi connectivity index (χ1v) is 10.3. The Hall–Kier alpha value is -4.59. The van der Waals surface area contributed by atoms with E-state index >= 15 is 0 Å². The number of nitro benzene ring substituents is 1. The summed E-state index contributed by atoms with van der Waals surface area (Å²) >= 11 is 0. The van der Waals surface area contributed by atoms with Crippen LogP contribution in [-0.4, -0.2) is 26.7 Å². The second kappa shape index (κ2) is 8.16. The number of hydrogen-bond donors (Lipinski definition) is 0. The minimum absolute atomic E-state index is 0.0418. The summed E-state index contributed by atoms with van der Waals surface area (Å²) in [7, 11) is 0. The van der Waals surface area contributed by atoms with E-state index in [1.807, 2.05) is 60.7 Å². The number of benzene rings is 3. The topological polar surface area (TPSA) is 97.9 Å². The number of fused-ring (bicyclic) bond motifs is 1. The van der Waals surface area contributed by atoms with Crippen molar-refractivity contribution in [2.75, 3.05) is 0 Å². The molecule has 0 saturated heterocycles. The quantitative estimate of drug-likeness (QED) is 0.328. The molecule has 8 nitrogen and oxygen atoms in total. The van der Waals surface area contributed by atoms with E-state index in [-0.39, 0.29) is 17.5 Å². The number of hydrogen-bond acceptors (Lipinski definition) is 6. The Labute approximate surface area is 188 Å². The Kier molecular flexibility index (Phi) is 5.02. The number of carbonyl (C=O) groups is 1. The number of pyridine rings is 1. The molecule has 4 aromatic rings. The summed E-state index contributed by atoms with van der Waals surface area (Å²) in [4.78, 5) is 27.7. The van der Waals surface area contributed by atoms with Gasteiger partial charge in [0.05, 0.1) is 16.1 Å². The fraction of sp³-hybridized carbons (Fsp3) is 0.0800. The number of carbonyl (C=O) groups excluding carboxylic acids is 1. The Morgan fingerprint density at radius 1 is 1.00 bits per heavy atom. The molecule has 33 heavy (non-hydrogen) atoms. The average Bonchev–Trinajstić information content (AvgIpc) is 3.30. The molecule has 0 bridgehead atoms. The van der Waals surface area contributed by atoms with Gasteiger partial charge in [-0.15, -0.1) is 5.10 Å². The highest BCUT2D eigenvalue weighted by molar-refractivity contribution is 6.08. The van der Waals surface area contributed by atoms with E-state index in [0.29, 0.717) is 11.1 Å². The largest absolute Gasteiger partial charge is 0.446 e. The zero-order valence-electron chi connectivity index (χ0n) is 17.6. The molecule has 1 amide bonds. The molecule has 5 rings (SSSR count). The molecule has 1 unspecified atom stereocenters. The van der Waals surface area contributed by atoms with Crippen LogP contribution in [0.5, 0.6) is 0 Å². The second-order valence-corrected chi connectivity index (χ2v) is 7.53. The van der Waals surface area contributed by atoms with Crippen molar-refractivity contribution in [2.24, 2.45) is 5.10 Å². The summed E-state index contributed by atoms with van der Waals surface area (Å²) in [5.41, 5.74) is 3.71. The molecule has 0 aliphatic carbocycles. The first-order chi connectivity index (χ1) is 16.0. The van der Waals surface area contributed by atoms with Crippen molar-refractivity contribution in [2.45, 2.75) is 13.2 Å². The van der Waals surface area contributed by atoms with E-state index in [1.54, 1.807) is 12.1 Å². The summed E-state index contributed by atoms with van der Waals surface area (Å²) in [6.45, 7) is 1.40. The summed E-state index contributed by atoms with van der Waals surface area (Å²) in [5, 5.41) is 17.6. The van der Waals surface area contributed by atoms with Crippen LogP contribution >= 0.6 is 0 Å². The highest BCUT2D eigenvalue weighted by Crippen LogP contribution is 2.34. The van der Waals surface area contributed by atoms with Crippen LogP contribution < -0.4 is 0 Å². The predicted molar refractivity (Wildman–Crippen MR) is 123 cm³/mol. The van der Waals surface area contributed by atoms with Crippen molar-refractivity contribution >= 4 is 28.4 Å². The lowest BCUT2D eigenvalue weighted by atomic mass is 10.0. The third-order valence-electron chi connectivity index (χ3n) is 5.37. The molecule has 0 spiro atoms. The number of ether oxygens (including phenoxy) is 1. The van der Waals surface area contributed by atoms with Crippen LogP contribution in [0.4, 0.5) is 5.69 Å². The third kappa shape index (κ3) is 3.78. The number of aromatic nitrogens is 1. The Bertz CT molecular complexity index is 1400. The molecule has 1 aliphatic heterocycles. The van der Waals surface area contributed by atoms with Gasteiger partial charge in [-0.2, -0.15) is 5.01 Å². The average molecular weight is 438 g/mol. The lowest BCUT2D eigenvalue weighted by Crippen LogP contribution is -2.25. The number of nitro groups is 1. The lowest BCUT2D eigenvalue weighted by molar-refractivity contribution is -0.384. The summed E-state index contributed by atoms with van der Waals surface area (Å²) in [6, 6.07) is 25.2. The summed E-state index contributed by atoms with van der Waals surface area (Å²) in [5.74, 6) is -0.0284. The smallest absolute Gasteiger partial charge is 0.269 e. The van der Waals surface area contributed by atoms with Gasteiger partial charge in [0.2, 0.25) is 18.0 Å². The van der Waals surface area contributed by atoms with Crippen LogP contribution in [0.2, 0.25) is 0 Å². The van der Waals surface area contributed by atoms with Gasteiger partial charge in [-0.3, -0.25) is 14.9 Å². The number of nitrogens with zero attached hydrogens (tertiary/aromatic N) is 4. The minimum Gasteiger partial charge on any atom is -0.446 e. The van der Waals surface area contributed by atoms with Crippen molar-refractivity contribution < 1.29 is 14.5 Å². The van der Waals surface area contributed by atoms with Crippen molar-refractivity contribution in [3.63, 3.8) is 0 Å². The van der Waals surface area contributed by atoms with Crippen molar-refractivity contribution in [3.8, 4) is 11.3 Å². The number of hydrazone groups is 1. The zero-order valence-corrected chi connectivity index (χ0v) is 17.6. The molecule has 0 radical (unpaired) electrons. The number of non-ortho nitro benzene ring substituents is 1. The van der Waals surface area contributed by atoms with Gasteiger partial charge >= 0.3 is 0 Å². The van der Waals surface area contributed by atoms with Gasteiger partial charge in [-0.1, -0.05) is 48.5 Å². The second-order valence-electron chi connectivity index (χ2n) is 7.53. The van der Waals surface area contributed by atoms with Crippen LogP contribution in [0.15, 0.2) is 90.0 Å². The van der Waals surface area contributed by atoms with E-state index in [4.69, 9.17) is 9.72 Å². The van der Waals surface area contributed by atoms with Gasteiger partial charge in [0.1, 0.15) is 0 Å². The van der Waals surface area contributed by atoms with Crippen LogP contribution in [0, 0.1) is 10.1 Å². The Balaban J connectivity index is 1.60. The fourth-order valence-corrected chi connectivity index (χ4v) is 3.76. The van der Waals surface area contributed by atoms with Crippen LogP contribution in [-0.2, 0) is 9.53 Å². The molecule has 0 fully saturated rings. The monoisotopic (exact) mass is 438 g/mol. The molecule has 2 heterocycles. The number of para-hydroxylation sites is 1. The molecule has 1 atom stereocenters. The molecule has 8 heteroatoms. The Morgan fingerprint density at radius 2 is 1.70 bits per heavy atom. The molecule has 162 valence electrons. The maximum Gasteiger partial charge on any atom is 0.269 e. The Morgan fingerprint density at radius 3 is 2.39 bits per heavy atom. The molecule has 0 N–H and O–H groups in total. The maximum atomic E-state index is 12.4. The van der Waals surface area contributed by atoms with E-state index in [2.05, 4.69) is 5.10 Å². The summed E-state index contributed by atoms with van der Waals surface area (Å²) in [6.07, 6.45) is -0.828. The molecule has 3 aromatic carbocycles. The number of rotatable bonds is 4. The van der Waals surface area contributed by atoms with Gasteiger partial charge < -0.3 is 4.74 Å². The molecular weight excluding hydrogens is 420 g/mol. The minimum atomic E-state index is -0.828. The van der Waals surface area contributed by atoms with E-state index in [1.165, 1.54) is 24.1 Å². The van der Waals surface area contributed by atoms with Crippen molar-refractivity contribution in [1.29, 1.82) is 0 Å². The van der Waals surface area contributed by atoms with E-state index in [0.717, 1.165) is 22.2 Å². The van der Waals surface area contributed by atoms with Crippen LogP contribution in [0.25, 0.3) is 22.2 Å². The van der Waals surface area contributed by atoms with Gasteiger partial charge in [0, 0.05) is 41.1 Å². The molecular formula is C25H18N4O4. The van der Waals surface area contributed by atoms with E-state index < -0.39 is 11.2 Å². The molecule has 1 aliphatic rings. The van der Waals surface area contributed by atoms with Crippen molar-refractivity contribution in [1.82, 2.24) is 9.99 Å². The fourth-order valence-electron chi connectivity index (χ4n) is 3.76. The first kappa shape index (κ1) is 20.3. The highest BCUT2D eigenvalue weighted by Gasteiger charge is 2.34. The SMILES string of the molecule is CC(=O)N1N=C(c2cc(-c3ccccc3)nc3ccccc23)OC1c1ccc([N+](=O)[O-])cc1. The van der Waals surface area contributed by atoms with Crippen LogP contribution in [0.3, 0.4) is 0 Å². The van der Waals surface area contributed by atoms with E-state index in [9.17, 15) is 14.9 Å². The van der Waals surface area contributed by atoms with Gasteiger partial charge in [-0.05, 0) is 24.3 Å². The summed E-state index contributed by atoms with van der Waals surface area (Å²) < 4.78 is 6.16. The lowest BCUT2D eigenvalue weighted by Gasteiger charge is -2.19. The predicted octanol–water partition coefficient (Wildman–Crippen LogP) is 5.05. The van der Waals surface area contributed by atoms with Gasteiger partial charge in [-0.25, -0.2) is 4.98 Å². The van der Waals surface area contributed by atoms with Crippen LogP contribution in [0.1, 0.15) is 24.3 Å². The number of amides is 1. The normalized spacial score (nSPS) is 15.2. The maximum absolute atomic E-state index is 12.4. The highest BCUT2D eigenvalue weighted by atomic mass is 16.6. The van der Waals surface area contributed by atoms with Crippen molar-refractivity contribution in [3.05, 3.63) is 106 Å². The molecule has 0 saturated carbocycles. The molecule has 1 aromatic heterocycles. The zero-order chi connectivity index (χ0) is 22.9.